The molecule has 1 saturated heterocycles. The van der Waals surface area contributed by atoms with Crippen molar-refractivity contribution in [2.45, 2.75) is 37.8 Å². The lowest BCUT2D eigenvalue weighted by Crippen LogP contribution is -2.42. The summed E-state index contributed by atoms with van der Waals surface area (Å²) in [4.78, 5) is 2.60. The van der Waals surface area contributed by atoms with E-state index in [1.807, 2.05) is 6.07 Å². The molecule has 1 aromatic rings. The van der Waals surface area contributed by atoms with E-state index in [0.717, 1.165) is 17.1 Å². The summed E-state index contributed by atoms with van der Waals surface area (Å²) in [5.74, 6) is 0.296. The number of hydrogen-bond acceptors (Lipinski definition) is 2. The first-order valence-corrected chi connectivity index (χ1v) is 7.90. The maximum absolute atomic E-state index is 13.3. The van der Waals surface area contributed by atoms with Crippen molar-refractivity contribution >= 4 is 15.9 Å². The van der Waals surface area contributed by atoms with Crippen molar-refractivity contribution in [3.05, 3.63) is 34.1 Å². The molecular weight excluding hydrogens is 307 g/mol. The lowest BCUT2D eigenvalue weighted by molar-refractivity contribution is 0.0874. The van der Waals surface area contributed by atoms with Gasteiger partial charge in [-0.2, -0.15) is 0 Å². The molecule has 1 aromatic carbocycles. The molecule has 1 aliphatic heterocycles. The Balaban J connectivity index is 1.95. The Hall–Kier alpha value is -0.450. The molecule has 2 atom stereocenters. The van der Waals surface area contributed by atoms with Gasteiger partial charge in [-0.15, -0.1) is 0 Å². The Kier molecular flexibility index (Phi) is 3.92. The highest BCUT2D eigenvalue weighted by molar-refractivity contribution is 9.10. The summed E-state index contributed by atoms with van der Waals surface area (Å²) in [5, 5.41) is 0. The van der Waals surface area contributed by atoms with Gasteiger partial charge >= 0.3 is 0 Å². The van der Waals surface area contributed by atoms with E-state index in [2.05, 4.69) is 20.8 Å². The quantitative estimate of drug-likeness (QED) is 0.921. The smallest absolute Gasteiger partial charge is 0.124 e. The van der Waals surface area contributed by atoms with E-state index in [9.17, 15) is 4.39 Å². The van der Waals surface area contributed by atoms with E-state index in [1.54, 1.807) is 12.1 Å². The summed E-state index contributed by atoms with van der Waals surface area (Å²) < 4.78 is 14.2. The molecule has 2 unspecified atom stereocenters. The van der Waals surface area contributed by atoms with Gasteiger partial charge in [-0.25, -0.2) is 4.39 Å². The van der Waals surface area contributed by atoms with Crippen LogP contribution in [0.2, 0.25) is 0 Å². The van der Waals surface area contributed by atoms with Crippen LogP contribution in [-0.2, 0) is 0 Å². The number of hydrogen-bond donors (Lipinski definition) is 1. The molecule has 1 aliphatic carbocycles. The van der Waals surface area contributed by atoms with Crippen LogP contribution in [-0.4, -0.2) is 24.0 Å². The van der Waals surface area contributed by atoms with Crippen molar-refractivity contribution < 1.29 is 4.39 Å². The lowest BCUT2D eigenvalue weighted by atomic mass is 9.84. The third-order valence-electron chi connectivity index (χ3n) is 4.39. The van der Waals surface area contributed by atoms with Crippen LogP contribution in [0.5, 0.6) is 0 Å². The van der Waals surface area contributed by atoms with Gasteiger partial charge in [0.1, 0.15) is 5.82 Å². The molecule has 0 radical (unpaired) electrons. The zero-order chi connectivity index (χ0) is 13.4. The van der Waals surface area contributed by atoms with Crippen LogP contribution in [0.3, 0.4) is 0 Å². The predicted molar refractivity (Wildman–Crippen MR) is 78.3 cm³/mol. The van der Waals surface area contributed by atoms with Crippen LogP contribution in [0.15, 0.2) is 22.7 Å². The second-order valence-electron chi connectivity index (χ2n) is 5.72. The summed E-state index contributed by atoms with van der Waals surface area (Å²) in [6, 6.07) is 6.13. The number of piperidine rings is 1. The van der Waals surface area contributed by atoms with E-state index in [1.165, 1.54) is 31.2 Å². The fraction of sp³-hybridized carbons (Fsp3) is 0.600. The number of halogens is 2. The van der Waals surface area contributed by atoms with Crippen LogP contribution < -0.4 is 5.73 Å². The maximum Gasteiger partial charge on any atom is 0.124 e. The molecule has 0 aromatic heterocycles. The first-order chi connectivity index (χ1) is 9.20. The summed E-state index contributed by atoms with van der Waals surface area (Å²) in [5.41, 5.74) is 7.18. The molecule has 2 N–H and O–H groups in total. The molecule has 0 spiro atoms. The Bertz CT molecular complexity index is 461. The molecule has 104 valence electrons. The van der Waals surface area contributed by atoms with Gasteiger partial charge in [0.15, 0.2) is 0 Å². The fourth-order valence-corrected chi connectivity index (χ4v) is 3.93. The summed E-state index contributed by atoms with van der Waals surface area (Å²) in [6.45, 7) is 1.85. The summed E-state index contributed by atoms with van der Waals surface area (Å²) >= 11 is 3.53. The zero-order valence-electron chi connectivity index (χ0n) is 11.0. The average molecular weight is 327 g/mol. The lowest BCUT2D eigenvalue weighted by Gasteiger charge is -2.42. The minimum Gasteiger partial charge on any atom is -0.330 e. The molecular formula is C15H20BrFN2. The highest BCUT2D eigenvalue weighted by atomic mass is 79.9. The van der Waals surface area contributed by atoms with Crippen LogP contribution in [0.4, 0.5) is 4.39 Å². The van der Waals surface area contributed by atoms with Gasteiger partial charge < -0.3 is 5.73 Å². The first-order valence-electron chi connectivity index (χ1n) is 7.11. The van der Waals surface area contributed by atoms with E-state index >= 15 is 0 Å². The van der Waals surface area contributed by atoms with Crippen molar-refractivity contribution in [2.24, 2.45) is 11.7 Å². The Morgan fingerprint density at radius 3 is 2.74 bits per heavy atom. The minimum atomic E-state index is -0.186. The second-order valence-corrected chi connectivity index (χ2v) is 6.57. The van der Waals surface area contributed by atoms with Crippen LogP contribution >= 0.6 is 15.9 Å². The van der Waals surface area contributed by atoms with Gasteiger partial charge in [0, 0.05) is 16.6 Å². The van der Waals surface area contributed by atoms with E-state index < -0.39 is 0 Å². The van der Waals surface area contributed by atoms with Gasteiger partial charge in [0.25, 0.3) is 0 Å². The Morgan fingerprint density at radius 2 is 2.11 bits per heavy atom. The number of benzene rings is 1. The van der Waals surface area contributed by atoms with Crippen molar-refractivity contribution in [1.82, 2.24) is 4.90 Å². The van der Waals surface area contributed by atoms with Gasteiger partial charge in [-0.3, -0.25) is 4.90 Å². The van der Waals surface area contributed by atoms with Crippen LogP contribution in [0, 0.1) is 11.7 Å². The van der Waals surface area contributed by atoms with Crippen LogP contribution in [0.25, 0.3) is 0 Å². The van der Waals surface area contributed by atoms with E-state index in [4.69, 9.17) is 5.73 Å². The summed E-state index contributed by atoms with van der Waals surface area (Å²) in [7, 11) is 0. The maximum atomic E-state index is 13.3. The number of nitrogens with two attached hydrogens (primary N) is 1. The Morgan fingerprint density at radius 1 is 1.32 bits per heavy atom. The van der Waals surface area contributed by atoms with E-state index in [-0.39, 0.29) is 5.82 Å². The predicted octanol–water partition coefficient (Wildman–Crippen LogP) is 3.46. The molecule has 3 rings (SSSR count). The third-order valence-corrected chi connectivity index (χ3v) is 5.08. The topological polar surface area (TPSA) is 29.3 Å². The monoisotopic (exact) mass is 326 g/mol. The fourth-order valence-electron chi connectivity index (χ4n) is 3.34. The molecule has 2 aliphatic rings. The molecule has 19 heavy (non-hydrogen) atoms. The standard InChI is InChI=1S/C15H20BrFN2/c16-14-8-11(17)3-6-13(14)15-10(9-18)2-1-7-19(15)12-4-5-12/h3,6,8,10,12,15H,1-2,4-5,7,9,18H2. The van der Waals surface area contributed by atoms with E-state index in [0.29, 0.717) is 18.5 Å². The SMILES string of the molecule is NCC1CCCN(C2CC2)C1c1ccc(F)cc1Br. The van der Waals surface area contributed by atoms with Gasteiger partial charge in [-0.05, 0) is 62.4 Å². The van der Waals surface area contributed by atoms with Crippen LogP contribution in [0.1, 0.15) is 37.3 Å². The first kappa shape index (κ1) is 13.5. The highest BCUT2D eigenvalue weighted by Crippen LogP contribution is 2.44. The third kappa shape index (κ3) is 2.71. The normalized spacial score (nSPS) is 28.6. The Labute approximate surface area is 122 Å². The van der Waals surface area contributed by atoms with Crippen molar-refractivity contribution in [1.29, 1.82) is 0 Å². The number of likely N-dealkylation sites (tertiary alicyclic amines) is 1. The van der Waals surface area contributed by atoms with Crippen molar-refractivity contribution in [3.63, 3.8) is 0 Å². The van der Waals surface area contributed by atoms with Crippen molar-refractivity contribution in [3.8, 4) is 0 Å². The van der Waals surface area contributed by atoms with Gasteiger partial charge in [0.2, 0.25) is 0 Å². The zero-order valence-corrected chi connectivity index (χ0v) is 12.6. The molecule has 1 heterocycles. The molecule has 0 amide bonds. The minimum absolute atomic E-state index is 0.186. The second kappa shape index (κ2) is 5.51. The summed E-state index contributed by atoms with van der Waals surface area (Å²) in [6.07, 6.45) is 5.00. The number of nitrogens with zero attached hydrogens (tertiary/aromatic N) is 1. The highest BCUT2D eigenvalue weighted by Gasteiger charge is 2.40. The largest absolute Gasteiger partial charge is 0.330 e. The van der Waals surface area contributed by atoms with Crippen molar-refractivity contribution in [2.75, 3.05) is 13.1 Å². The molecule has 1 saturated carbocycles. The average Bonchev–Trinajstić information content (AvgIpc) is 3.22. The molecule has 4 heteroatoms. The molecule has 0 bridgehead atoms. The molecule has 2 nitrogen and oxygen atoms in total. The van der Waals surface area contributed by atoms with Gasteiger partial charge in [0.05, 0.1) is 0 Å². The molecule has 2 fully saturated rings. The van der Waals surface area contributed by atoms with Gasteiger partial charge in [-0.1, -0.05) is 22.0 Å². The number of rotatable bonds is 3.